The number of amides is 1. The second-order valence-electron chi connectivity index (χ2n) is 8.09. The van der Waals surface area contributed by atoms with Crippen molar-refractivity contribution in [3.05, 3.63) is 58.1 Å². The van der Waals surface area contributed by atoms with E-state index in [-0.39, 0.29) is 11.1 Å². The second-order valence-corrected chi connectivity index (χ2v) is 10.1. The monoisotopic (exact) mass is 523 g/mol. The minimum atomic E-state index is -4.91. The highest BCUT2D eigenvalue weighted by Crippen LogP contribution is 2.51. The lowest BCUT2D eigenvalue weighted by Crippen LogP contribution is -2.40. The molecular weight excluding hydrogens is 504 g/mol. The Morgan fingerprint density at radius 1 is 1.11 bits per heavy atom. The lowest BCUT2D eigenvalue weighted by molar-refractivity contribution is -0.189. The number of hydrogen-bond donors (Lipinski definition) is 0. The van der Waals surface area contributed by atoms with Crippen LogP contribution in [0.4, 0.5) is 26.3 Å². The molecule has 2 aromatic rings. The molecule has 2 aromatic carbocycles. The van der Waals surface area contributed by atoms with Gasteiger partial charge in [0.05, 0.1) is 16.0 Å². The number of Topliss-reactive ketones (excluding diaryl/α,β-unsaturated/α-hetero) is 1. The van der Waals surface area contributed by atoms with Crippen LogP contribution in [0.25, 0.3) is 0 Å². The van der Waals surface area contributed by atoms with E-state index < -0.39 is 78.4 Å². The largest absolute Gasteiger partial charge is 0.480 e. The van der Waals surface area contributed by atoms with Crippen LogP contribution in [0.15, 0.2) is 35.2 Å². The van der Waals surface area contributed by atoms with E-state index >= 15 is 13.2 Å². The number of halogens is 6. The number of benzene rings is 2. The predicted molar refractivity (Wildman–Crippen MR) is 111 cm³/mol. The number of ether oxygens (including phenoxy) is 1. The van der Waals surface area contributed by atoms with Crippen molar-refractivity contribution in [2.75, 3.05) is 6.26 Å². The van der Waals surface area contributed by atoms with Crippen molar-refractivity contribution >= 4 is 21.5 Å². The van der Waals surface area contributed by atoms with E-state index in [4.69, 9.17) is 4.74 Å². The third-order valence-electron chi connectivity index (χ3n) is 5.48. The van der Waals surface area contributed by atoms with E-state index in [9.17, 15) is 31.2 Å². The third kappa shape index (κ3) is 4.73. The maximum Gasteiger partial charge on any atom is 0.425 e. The summed E-state index contributed by atoms with van der Waals surface area (Å²) in [4.78, 5) is 23.8. The van der Waals surface area contributed by atoms with Gasteiger partial charge in [0.1, 0.15) is 5.75 Å². The summed E-state index contributed by atoms with van der Waals surface area (Å²) in [6, 6.07) is -0.458. The van der Waals surface area contributed by atoms with Gasteiger partial charge in [-0.2, -0.15) is 22.0 Å². The topological polar surface area (TPSA) is 80.8 Å². The average molecular weight is 523 g/mol. The molecule has 0 fully saturated rings. The molecule has 6 nitrogen and oxygen atoms in total. The summed E-state index contributed by atoms with van der Waals surface area (Å²) in [5.41, 5.74) is -2.56. The molecule has 1 unspecified atom stereocenters. The Labute approximate surface area is 196 Å². The average Bonchev–Trinajstić information content (AvgIpc) is 2.90. The quantitative estimate of drug-likeness (QED) is 0.309. The number of ketones is 1. The lowest BCUT2D eigenvalue weighted by atomic mass is 9.98. The van der Waals surface area contributed by atoms with Crippen molar-refractivity contribution in [3.8, 4) is 5.75 Å². The Bertz CT molecular complexity index is 1320. The zero-order valence-corrected chi connectivity index (χ0v) is 19.5. The second kappa shape index (κ2) is 8.54. The van der Waals surface area contributed by atoms with Gasteiger partial charge in [0, 0.05) is 17.4 Å². The SMILES string of the molecule is CC(=O)c1cc2c(cc1C)C(F)(F)N(C(=O)c1cc(S(C)(=O)=O)ccc1O[C@@H](C)C(F)(F)F)C2F. The Morgan fingerprint density at radius 3 is 2.23 bits per heavy atom. The summed E-state index contributed by atoms with van der Waals surface area (Å²) in [5, 5.41) is 0. The summed E-state index contributed by atoms with van der Waals surface area (Å²) >= 11 is 0. The Morgan fingerprint density at radius 2 is 1.71 bits per heavy atom. The molecule has 0 aliphatic carbocycles. The van der Waals surface area contributed by atoms with Crippen molar-refractivity contribution in [3.63, 3.8) is 0 Å². The van der Waals surface area contributed by atoms with Crippen molar-refractivity contribution in [2.24, 2.45) is 0 Å². The van der Waals surface area contributed by atoms with E-state index in [1.165, 1.54) is 6.92 Å². The summed E-state index contributed by atoms with van der Waals surface area (Å²) in [7, 11) is -4.04. The van der Waals surface area contributed by atoms with E-state index in [1.54, 1.807) is 0 Å². The highest BCUT2D eigenvalue weighted by Gasteiger charge is 2.56. The van der Waals surface area contributed by atoms with E-state index in [0.717, 1.165) is 31.4 Å². The minimum absolute atomic E-state index is 0.0569. The fourth-order valence-electron chi connectivity index (χ4n) is 3.60. The molecule has 1 aliphatic heterocycles. The van der Waals surface area contributed by atoms with Crippen LogP contribution in [0, 0.1) is 6.92 Å². The molecular formula is C22H19F6NO5S. The fraction of sp³-hybridized carbons (Fsp3) is 0.364. The number of alkyl halides is 6. The molecule has 0 radical (unpaired) electrons. The molecule has 2 atom stereocenters. The lowest BCUT2D eigenvalue weighted by Gasteiger charge is -2.27. The normalized spacial score (nSPS) is 18.2. The van der Waals surface area contributed by atoms with E-state index in [1.807, 2.05) is 0 Å². The van der Waals surface area contributed by atoms with Crippen molar-refractivity contribution in [1.29, 1.82) is 0 Å². The first kappa shape index (κ1) is 26.5. The summed E-state index contributed by atoms with van der Waals surface area (Å²) in [6.45, 7) is 3.06. The van der Waals surface area contributed by atoms with Gasteiger partial charge in [-0.15, -0.1) is 0 Å². The molecule has 0 bridgehead atoms. The van der Waals surface area contributed by atoms with Crippen LogP contribution in [-0.2, 0) is 15.9 Å². The highest BCUT2D eigenvalue weighted by atomic mass is 32.2. The zero-order chi connectivity index (χ0) is 26.7. The number of sulfone groups is 1. The number of fused-ring (bicyclic) bond motifs is 1. The maximum atomic E-state index is 15.3. The van der Waals surface area contributed by atoms with Gasteiger partial charge in [0.25, 0.3) is 5.91 Å². The summed E-state index contributed by atoms with van der Waals surface area (Å²) in [5.74, 6) is -3.22. The number of aryl methyl sites for hydroxylation is 1. The fourth-order valence-corrected chi connectivity index (χ4v) is 4.25. The molecule has 1 amide bonds. The molecule has 13 heteroatoms. The number of nitrogens with zero attached hydrogens (tertiary/aromatic N) is 1. The molecule has 190 valence electrons. The third-order valence-corrected chi connectivity index (χ3v) is 6.59. The molecule has 0 N–H and O–H groups in total. The molecule has 0 spiro atoms. The number of rotatable bonds is 5. The van der Waals surface area contributed by atoms with Crippen LogP contribution >= 0.6 is 0 Å². The van der Waals surface area contributed by atoms with Gasteiger partial charge in [0.2, 0.25) is 6.30 Å². The molecule has 35 heavy (non-hydrogen) atoms. The maximum absolute atomic E-state index is 15.3. The predicted octanol–water partition coefficient (Wildman–Crippen LogP) is 5.10. The number of carbonyl (C=O) groups is 2. The smallest absolute Gasteiger partial charge is 0.425 e. The van der Waals surface area contributed by atoms with Crippen LogP contribution in [0.2, 0.25) is 0 Å². The van der Waals surface area contributed by atoms with Crippen molar-refractivity contribution in [1.82, 2.24) is 4.90 Å². The zero-order valence-electron chi connectivity index (χ0n) is 18.7. The molecule has 3 rings (SSSR count). The van der Waals surface area contributed by atoms with Gasteiger partial charge in [-0.3, -0.25) is 9.59 Å². The Kier molecular flexibility index (Phi) is 6.47. The van der Waals surface area contributed by atoms with Gasteiger partial charge >= 0.3 is 12.2 Å². The van der Waals surface area contributed by atoms with Crippen LogP contribution in [0.5, 0.6) is 5.75 Å². The molecule has 0 aromatic heterocycles. The van der Waals surface area contributed by atoms with Gasteiger partial charge in [-0.25, -0.2) is 17.7 Å². The van der Waals surface area contributed by atoms with Crippen LogP contribution in [-0.4, -0.2) is 43.5 Å². The van der Waals surface area contributed by atoms with Gasteiger partial charge in [-0.05, 0) is 56.7 Å². The van der Waals surface area contributed by atoms with Crippen molar-refractivity contribution < 1.29 is 49.1 Å². The van der Waals surface area contributed by atoms with E-state index in [0.29, 0.717) is 19.1 Å². The standard InChI is InChI=1S/C22H19F6NO5S/c1-10-7-17-15(9-14(10)11(2)30)19(23)29(22(17,27)28)20(31)16-8-13(35(4,32)33)5-6-18(16)34-12(3)21(24,25)26/h5-9,12,19H,1-4H3/t12-,19?/m0/s1. The highest BCUT2D eigenvalue weighted by molar-refractivity contribution is 7.90. The van der Waals surface area contributed by atoms with Gasteiger partial charge in [0.15, 0.2) is 21.7 Å². The van der Waals surface area contributed by atoms with Gasteiger partial charge in [-0.1, -0.05) is 0 Å². The Balaban J connectivity index is 2.17. The molecule has 0 saturated heterocycles. The summed E-state index contributed by atoms with van der Waals surface area (Å²) < 4.78 is 113. The molecule has 0 saturated carbocycles. The van der Waals surface area contributed by atoms with Gasteiger partial charge < -0.3 is 4.74 Å². The first-order valence-electron chi connectivity index (χ1n) is 9.96. The number of hydrogen-bond acceptors (Lipinski definition) is 5. The number of carbonyl (C=O) groups excluding carboxylic acids is 2. The van der Waals surface area contributed by atoms with Crippen LogP contribution < -0.4 is 4.74 Å². The molecule has 1 aliphatic rings. The van der Waals surface area contributed by atoms with Crippen LogP contribution in [0.1, 0.15) is 57.5 Å². The van der Waals surface area contributed by atoms with Crippen LogP contribution in [0.3, 0.4) is 0 Å². The van der Waals surface area contributed by atoms with Crippen molar-refractivity contribution in [2.45, 2.75) is 50.3 Å². The molecule has 1 heterocycles. The minimum Gasteiger partial charge on any atom is -0.480 e. The Hall–Kier alpha value is -3.09. The first-order valence-corrected chi connectivity index (χ1v) is 11.9. The summed E-state index contributed by atoms with van der Waals surface area (Å²) in [6.07, 6.45) is -9.48. The van der Waals surface area contributed by atoms with E-state index in [2.05, 4.69) is 0 Å². The first-order chi connectivity index (χ1) is 15.9.